The summed E-state index contributed by atoms with van der Waals surface area (Å²) in [5.74, 6) is 0.892. The SMILES string of the molecule is CCN1CCN(C(=O)CN2C(=O)COc3ccc(C(=O)COc4ccc(C(C)C)cc4)cc32)CC1. The quantitative estimate of drug-likeness (QED) is 0.542. The molecule has 0 N–H and O–H groups in total. The van der Waals surface area contributed by atoms with Crippen LogP contribution in [0.5, 0.6) is 11.5 Å². The number of Topliss-reactive ketones (excluding diaryl/α,β-unsaturated/α-hetero) is 1. The Kier molecular flexibility index (Phi) is 7.70. The van der Waals surface area contributed by atoms with Gasteiger partial charge in [0.1, 0.15) is 18.0 Å². The smallest absolute Gasteiger partial charge is 0.265 e. The Morgan fingerprint density at radius 2 is 1.74 bits per heavy atom. The Morgan fingerprint density at radius 1 is 1.03 bits per heavy atom. The van der Waals surface area contributed by atoms with E-state index in [-0.39, 0.29) is 37.4 Å². The summed E-state index contributed by atoms with van der Waals surface area (Å²) in [6, 6.07) is 12.6. The first kappa shape index (κ1) is 24.7. The van der Waals surface area contributed by atoms with Crippen molar-refractivity contribution in [3.05, 3.63) is 53.6 Å². The highest BCUT2D eigenvalue weighted by Gasteiger charge is 2.30. The number of piperazine rings is 1. The zero-order valence-electron chi connectivity index (χ0n) is 20.7. The molecule has 0 radical (unpaired) electrons. The van der Waals surface area contributed by atoms with Crippen LogP contribution >= 0.6 is 0 Å². The third-order valence-electron chi connectivity index (χ3n) is 6.61. The third kappa shape index (κ3) is 5.82. The van der Waals surface area contributed by atoms with Crippen LogP contribution in [0.25, 0.3) is 0 Å². The van der Waals surface area contributed by atoms with Crippen molar-refractivity contribution in [2.24, 2.45) is 0 Å². The second kappa shape index (κ2) is 10.9. The number of hydrogen-bond donors (Lipinski definition) is 0. The molecule has 2 heterocycles. The average molecular weight is 480 g/mol. The second-order valence-corrected chi connectivity index (χ2v) is 9.20. The van der Waals surface area contributed by atoms with Gasteiger partial charge in [-0.2, -0.15) is 0 Å². The van der Waals surface area contributed by atoms with Gasteiger partial charge < -0.3 is 19.3 Å². The van der Waals surface area contributed by atoms with Crippen molar-refractivity contribution in [2.75, 3.05) is 57.4 Å². The summed E-state index contributed by atoms with van der Waals surface area (Å²) in [6.45, 7) is 9.91. The molecule has 8 nitrogen and oxygen atoms in total. The minimum atomic E-state index is -0.302. The Labute approximate surface area is 206 Å². The van der Waals surface area contributed by atoms with Crippen LogP contribution in [0.4, 0.5) is 5.69 Å². The van der Waals surface area contributed by atoms with Gasteiger partial charge in [0.05, 0.1) is 5.69 Å². The van der Waals surface area contributed by atoms with Crippen LogP contribution < -0.4 is 14.4 Å². The van der Waals surface area contributed by atoms with E-state index in [1.165, 1.54) is 10.5 Å². The first-order valence-electron chi connectivity index (χ1n) is 12.2. The molecule has 0 aromatic heterocycles. The van der Waals surface area contributed by atoms with Crippen molar-refractivity contribution in [3.63, 3.8) is 0 Å². The number of carbonyl (C=O) groups excluding carboxylic acids is 3. The molecule has 0 unspecified atom stereocenters. The van der Waals surface area contributed by atoms with E-state index in [4.69, 9.17) is 9.47 Å². The number of hydrogen-bond acceptors (Lipinski definition) is 6. The predicted octanol–water partition coefficient (Wildman–Crippen LogP) is 2.96. The Balaban J connectivity index is 1.43. The summed E-state index contributed by atoms with van der Waals surface area (Å²) in [5.41, 5.74) is 2.04. The number of ether oxygens (including phenoxy) is 2. The molecule has 2 aliphatic heterocycles. The highest BCUT2D eigenvalue weighted by Crippen LogP contribution is 2.33. The zero-order chi connectivity index (χ0) is 24.9. The average Bonchev–Trinajstić information content (AvgIpc) is 2.88. The van der Waals surface area contributed by atoms with Crippen molar-refractivity contribution in [1.29, 1.82) is 0 Å². The number of amides is 2. The second-order valence-electron chi connectivity index (χ2n) is 9.20. The van der Waals surface area contributed by atoms with E-state index in [0.29, 0.717) is 41.8 Å². The van der Waals surface area contributed by atoms with Crippen molar-refractivity contribution in [1.82, 2.24) is 9.80 Å². The molecule has 0 spiro atoms. The van der Waals surface area contributed by atoms with E-state index in [1.807, 2.05) is 24.3 Å². The van der Waals surface area contributed by atoms with E-state index in [1.54, 1.807) is 23.1 Å². The summed E-state index contributed by atoms with van der Waals surface area (Å²) in [4.78, 5) is 44.0. The number of carbonyl (C=O) groups is 3. The number of anilines is 1. The summed E-state index contributed by atoms with van der Waals surface area (Å²) in [6.07, 6.45) is 0. The lowest BCUT2D eigenvalue weighted by Crippen LogP contribution is -2.52. The number of likely N-dealkylation sites (N-methyl/N-ethyl adjacent to an activating group) is 1. The largest absolute Gasteiger partial charge is 0.485 e. The van der Waals surface area contributed by atoms with E-state index in [9.17, 15) is 14.4 Å². The van der Waals surface area contributed by atoms with Crippen LogP contribution in [0, 0.1) is 0 Å². The Bertz CT molecular complexity index is 1070. The first-order valence-corrected chi connectivity index (χ1v) is 12.2. The molecular formula is C27H33N3O5. The van der Waals surface area contributed by atoms with Gasteiger partial charge in [0.2, 0.25) is 5.91 Å². The van der Waals surface area contributed by atoms with Crippen molar-refractivity contribution in [3.8, 4) is 11.5 Å². The maximum atomic E-state index is 12.9. The Morgan fingerprint density at radius 3 is 2.40 bits per heavy atom. The number of benzene rings is 2. The van der Waals surface area contributed by atoms with Gasteiger partial charge in [-0.05, 0) is 48.4 Å². The topological polar surface area (TPSA) is 79.4 Å². The van der Waals surface area contributed by atoms with Crippen LogP contribution in [-0.2, 0) is 9.59 Å². The molecule has 1 fully saturated rings. The molecule has 8 heteroatoms. The van der Waals surface area contributed by atoms with E-state index in [0.717, 1.165) is 19.6 Å². The van der Waals surface area contributed by atoms with Crippen LogP contribution in [0.2, 0.25) is 0 Å². The fourth-order valence-electron chi connectivity index (χ4n) is 4.28. The number of fused-ring (bicyclic) bond motifs is 1. The van der Waals surface area contributed by atoms with Gasteiger partial charge in [0, 0.05) is 31.7 Å². The van der Waals surface area contributed by atoms with Crippen molar-refractivity contribution >= 4 is 23.3 Å². The molecule has 2 amide bonds. The van der Waals surface area contributed by atoms with Gasteiger partial charge in [-0.25, -0.2) is 0 Å². The van der Waals surface area contributed by atoms with E-state index >= 15 is 0 Å². The van der Waals surface area contributed by atoms with Gasteiger partial charge in [0.15, 0.2) is 19.0 Å². The summed E-state index contributed by atoms with van der Waals surface area (Å²) >= 11 is 0. The normalized spacial score (nSPS) is 16.2. The fraction of sp³-hybridized carbons (Fsp3) is 0.444. The monoisotopic (exact) mass is 479 g/mol. The molecule has 35 heavy (non-hydrogen) atoms. The fourth-order valence-corrected chi connectivity index (χ4v) is 4.28. The maximum Gasteiger partial charge on any atom is 0.265 e. The van der Waals surface area contributed by atoms with Gasteiger partial charge in [-0.1, -0.05) is 32.9 Å². The highest BCUT2D eigenvalue weighted by molar-refractivity contribution is 6.04. The van der Waals surface area contributed by atoms with Crippen LogP contribution in [-0.4, -0.2) is 79.9 Å². The van der Waals surface area contributed by atoms with Crippen LogP contribution in [0.15, 0.2) is 42.5 Å². The zero-order valence-corrected chi connectivity index (χ0v) is 20.7. The molecule has 4 rings (SSSR count). The molecule has 2 aromatic carbocycles. The van der Waals surface area contributed by atoms with Crippen LogP contribution in [0.1, 0.15) is 42.6 Å². The van der Waals surface area contributed by atoms with Crippen LogP contribution in [0.3, 0.4) is 0 Å². The molecule has 2 aromatic rings. The standard InChI is InChI=1S/C27H33N3O5/c1-4-28-11-13-29(14-12-28)26(32)16-30-23-15-21(7-10-25(23)35-18-27(30)33)24(31)17-34-22-8-5-20(6-9-22)19(2)3/h5-10,15,19H,4,11-14,16-18H2,1-3H3. The number of nitrogens with zero attached hydrogens (tertiary/aromatic N) is 3. The van der Waals surface area contributed by atoms with E-state index < -0.39 is 0 Å². The lowest BCUT2D eigenvalue weighted by atomic mass is 10.0. The lowest BCUT2D eigenvalue weighted by molar-refractivity contribution is -0.133. The molecule has 2 aliphatic rings. The van der Waals surface area contributed by atoms with Gasteiger partial charge >= 0.3 is 0 Å². The van der Waals surface area contributed by atoms with Gasteiger partial charge in [0.25, 0.3) is 5.91 Å². The molecule has 0 saturated carbocycles. The van der Waals surface area contributed by atoms with Gasteiger partial charge in [-0.15, -0.1) is 0 Å². The van der Waals surface area contributed by atoms with E-state index in [2.05, 4.69) is 25.7 Å². The summed E-state index contributed by atoms with van der Waals surface area (Å²) in [5, 5.41) is 0. The third-order valence-corrected chi connectivity index (χ3v) is 6.61. The predicted molar refractivity (Wildman–Crippen MR) is 133 cm³/mol. The minimum absolute atomic E-state index is 0.0718. The van der Waals surface area contributed by atoms with Gasteiger partial charge in [-0.3, -0.25) is 19.3 Å². The summed E-state index contributed by atoms with van der Waals surface area (Å²) < 4.78 is 11.2. The number of ketones is 1. The number of rotatable bonds is 8. The highest BCUT2D eigenvalue weighted by atomic mass is 16.5. The lowest BCUT2D eigenvalue weighted by Gasteiger charge is -2.36. The molecule has 0 aliphatic carbocycles. The van der Waals surface area contributed by atoms with Crippen molar-refractivity contribution < 1.29 is 23.9 Å². The molecule has 0 atom stereocenters. The molecule has 1 saturated heterocycles. The molecular weight excluding hydrogens is 446 g/mol. The minimum Gasteiger partial charge on any atom is -0.485 e. The molecule has 0 bridgehead atoms. The van der Waals surface area contributed by atoms with Crippen molar-refractivity contribution in [2.45, 2.75) is 26.7 Å². The Hall–Kier alpha value is -3.39. The maximum absolute atomic E-state index is 12.9. The first-order chi connectivity index (χ1) is 16.9. The summed E-state index contributed by atoms with van der Waals surface area (Å²) in [7, 11) is 0. The molecule has 186 valence electrons.